The van der Waals surface area contributed by atoms with Gasteiger partial charge in [0.1, 0.15) is 5.75 Å². The van der Waals surface area contributed by atoms with Crippen molar-refractivity contribution in [3.05, 3.63) is 58.5 Å². The van der Waals surface area contributed by atoms with Crippen LogP contribution in [0.4, 0.5) is 5.69 Å². The number of amides is 1. The number of fused-ring (bicyclic) bond motifs is 1. The average molecular weight is 425 g/mol. The Morgan fingerprint density at radius 2 is 1.58 bits per heavy atom. The summed E-state index contributed by atoms with van der Waals surface area (Å²) in [5.74, 6) is -0.594. The molecule has 0 aliphatic heterocycles. The fourth-order valence-corrected chi connectivity index (χ4v) is 2.96. The number of aromatic amines is 2. The van der Waals surface area contributed by atoms with E-state index >= 15 is 0 Å². The van der Waals surface area contributed by atoms with Crippen LogP contribution in [0.2, 0.25) is 0 Å². The number of aromatic nitrogens is 2. The van der Waals surface area contributed by atoms with Crippen molar-refractivity contribution >= 4 is 28.6 Å². The first-order chi connectivity index (χ1) is 14.5. The maximum Gasteiger partial charge on any atom is 0.347 e. The van der Waals surface area contributed by atoms with Crippen molar-refractivity contribution in [1.82, 2.24) is 9.97 Å². The van der Waals surface area contributed by atoms with Gasteiger partial charge in [0.05, 0.1) is 11.0 Å². The van der Waals surface area contributed by atoms with E-state index in [0.717, 1.165) is 5.56 Å². The minimum atomic E-state index is -1.03. The predicted octanol–water partition coefficient (Wildman–Crippen LogP) is 3.49. The lowest BCUT2D eigenvalue weighted by Gasteiger charge is -2.20. The molecule has 3 aromatic rings. The number of H-pyrrole nitrogens is 2. The summed E-state index contributed by atoms with van der Waals surface area (Å²) in [6.45, 7) is 9.40. The minimum absolute atomic E-state index is 0.0206. The Kier molecular flexibility index (Phi) is 6.19. The Bertz CT molecular complexity index is 1140. The fraction of sp³-hybridized carbons (Fsp3) is 0.348. The molecule has 8 nitrogen and oxygen atoms in total. The second-order valence-corrected chi connectivity index (χ2v) is 8.44. The van der Waals surface area contributed by atoms with Crippen molar-refractivity contribution < 1.29 is 19.1 Å². The van der Waals surface area contributed by atoms with Crippen LogP contribution in [0.1, 0.15) is 40.2 Å². The van der Waals surface area contributed by atoms with Gasteiger partial charge in [0.15, 0.2) is 12.2 Å². The number of nitrogens with one attached hydrogen (secondary N) is 3. The van der Waals surface area contributed by atoms with E-state index in [-0.39, 0.29) is 11.1 Å². The standard InChI is InChI=1S/C23H27N3O5/c1-13(20(27)24-16-8-11-18-19(12-16)26-22(29)25-18)31-21(28)14(2)30-17-9-6-15(7-10-17)23(3,4)5/h6-14H,1-5H3,(H,24,27)(H2,25,26,29)/t13-,14-/m0/s1. The number of hydrogen-bond acceptors (Lipinski definition) is 5. The summed E-state index contributed by atoms with van der Waals surface area (Å²) in [6, 6.07) is 12.5. The second-order valence-electron chi connectivity index (χ2n) is 8.44. The molecular formula is C23H27N3O5. The maximum absolute atomic E-state index is 12.4. The summed E-state index contributed by atoms with van der Waals surface area (Å²) in [6.07, 6.45) is -1.90. The zero-order chi connectivity index (χ0) is 22.8. The van der Waals surface area contributed by atoms with Gasteiger partial charge in [-0.2, -0.15) is 0 Å². The largest absolute Gasteiger partial charge is 0.479 e. The van der Waals surface area contributed by atoms with Crippen LogP contribution in [-0.4, -0.2) is 34.1 Å². The number of benzene rings is 2. The van der Waals surface area contributed by atoms with E-state index in [1.165, 1.54) is 6.92 Å². The number of imidazole rings is 1. The van der Waals surface area contributed by atoms with Crippen molar-refractivity contribution in [2.24, 2.45) is 0 Å². The molecule has 2 atom stereocenters. The number of ether oxygens (including phenoxy) is 2. The van der Waals surface area contributed by atoms with Gasteiger partial charge in [-0.25, -0.2) is 9.59 Å². The van der Waals surface area contributed by atoms with Crippen LogP contribution in [0.5, 0.6) is 5.75 Å². The molecule has 0 saturated heterocycles. The first-order valence-electron chi connectivity index (χ1n) is 10.0. The van der Waals surface area contributed by atoms with Gasteiger partial charge in [0, 0.05) is 5.69 Å². The zero-order valence-electron chi connectivity index (χ0n) is 18.2. The van der Waals surface area contributed by atoms with Crippen LogP contribution in [0.15, 0.2) is 47.3 Å². The molecule has 31 heavy (non-hydrogen) atoms. The lowest BCUT2D eigenvalue weighted by molar-refractivity contribution is -0.159. The zero-order valence-corrected chi connectivity index (χ0v) is 18.2. The van der Waals surface area contributed by atoms with Crippen molar-refractivity contribution in [2.75, 3.05) is 5.32 Å². The Balaban J connectivity index is 1.55. The van der Waals surface area contributed by atoms with E-state index in [2.05, 4.69) is 36.1 Å². The third-order valence-corrected chi connectivity index (χ3v) is 4.81. The molecular weight excluding hydrogens is 398 g/mol. The minimum Gasteiger partial charge on any atom is -0.479 e. The number of rotatable bonds is 6. The first-order valence-corrected chi connectivity index (χ1v) is 10.0. The summed E-state index contributed by atoms with van der Waals surface area (Å²) in [5, 5.41) is 2.66. The Morgan fingerprint density at radius 1 is 0.935 bits per heavy atom. The number of carbonyl (C=O) groups is 2. The van der Waals surface area contributed by atoms with Gasteiger partial charge >= 0.3 is 11.7 Å². The molecule has 0 aliphatic rings. The molecule has 1 heterocycles. The van der Waals surface area contributed by atoms with Crippen LogP contribution in [0.25, 0.3) is 11.0 Å². The molecule has 2 aromatic carbocycles. The number of esters is 1. The van der Waals surface area contributed by atoms with E-state index in [1.54, 1.807) is 25.1 Å². The van der Waals surface area contributed by atoms with Crippen molar-refractivity contribution in [2.45, 2.75) is 52.2 Å². The lowest BCUT2D eigenvalue weighted by atomic mass is 9.87. The number of anilines is 1. The molecule has 3 N–H and O–H groups in total. The first kappa shape index (κ1) is 22.1. The highest BCUT2D eigenvalue weighted by Gasteiger charge is 2.24. The molecule has 1 amide bonds. The Morgan fingerprint density at radius 3 is 2.23 bits per heavy atom. The average Bonchev–Trinajstić information content (AvgIpc) is 3.06. The van der Waals surface area contributed by atoms with Gasteiger partial charge in [0.25, 0.3) is 5.91 Å². The summed E-state index contributed by atoms with van der Waals surface area (Å²) in [5.41, 5.74) is 2.51. The molecule has 0 radical (unpaired) electrons. The summed E-state index contributed by atoms with van der Waals surface area (Å²) in [7, 11) is 0. The smallest absolute Gasteiger partial charge is 0.347 e. The van der Waals surface area contributed by atoms with Crippen LogP contribution in [-0.2, 0) is 19.7 Å². The van der Waals surface area contributed by atoms with E-state index in [9.17, 15) is 14.4 Å². The van der Waals surface area contributed by atoms with E-state index < -0.39 is 24.1 Å². The van der Waals surface area contributed by atoms with Gasteiger partial charge in [0.2, 0.25) is 0 Å². The predicted molar refractivity (Wildman–Crippen MR) is 118 cm³/mol. The SMILES string of the molecule is C[C@H](OC(=O)[C@H](C)Oc1ccc(C(C)(C)C)cc1)C(=O)Nc1ccc2[nH]c(=O)[nH]c2c1. The van der Waals surface area contributed by atoms with Crippen LogP contribution in [0, 0.1) is 0 Å². The van der Waals surface area contributed by atoms with Gasteiger partial charge in [-0.15, -0.1) is 0 Å². The topological polar surface area (TPSA) is 113 Å². The molecule has 8 heteroatoms. The molecule has 0 unspecified atom stereocenters. The highest BCUT2D eigenvalue weighted by atomic mass is 16.6. The monoisotopic (exact) mass is 425 g/mol. The van der Waals surface area contributed by atoms with Crippen LogP contribution in [0.3, 0.4) is 0 Å². The van der Waals surface area contributed by atoms with E-state index in [4.69, 9.17) is 9.47 Å². The van der Waals surface area contributed by atoms with Gasteiger partial charge in [-0.05, 0) is 55.2 Å². The van der Waals surface area contributed by atoms with Crippen LogP contribution < -0.4 is 15.7 Å². The molecule has 164 valence electrons. The van der Waals surface area contributed by atoms with E-state index in [1.807, 2.05) is 24.3 Å². The molecule has 0 spiro atoms. The quantitative estimate of drug-likeness (QED) is 0.523. The van der Waals surface area contributed by atoms with Crippen molar-refractivity contribution in [3.8, 4) is 5.75 Å². The molecule has 0 fully saturated rings. The molecule has 0 aliphatic carbocycles. The third-order valence-electron chi connectivity index (χ3n) is 4.81. The molecule has 0 saturated carbocycles. The normalized spacial score (nSPS) is 13.5. The highest BCUT2D eigenvalue weighted by molar-refractivity contribution is 5.96. The van der Waals surface area contributed by atoms with Crippen molar-refractivity contribution in [1.29, 1.82) is 0 Å². The van der Waals surface area contributed by atoms with Crippen molar-refractivity contribution in [3.63, 3.8) is 0 Å². The van der Waals surface area contributed by atoms with E-state index in [0.29, 0.717) is 22.5 Å². The summed E-state index contributed by atoms with van der Waals surface area (Å²) in [4.78, 5) is 41.3. The molecule has 1 aromatic heterocycles. The van der Waals surface area contributed by atoms with Gasteiger partial charge in [-0.3, -0.25) is 4.79 Å². The third kappa shape index (κ3) is 5.53. The number of carbonyl (C=O) groups excluding carboxylic acids is 2. The second kappa shape index (κ2) is 8.67. The van der Waals surface area contributed by atoms with Gasteiger partial charge in [-0.1, -0.05) is 32.9 Å². The maximum atomic E-state index is 12.4. The summed E-state index contributed by atoms with van der Waals surface area (Å²) >= 11 is 0. The summed E-state index contributed by atoms with van der Waals surface area (Å²) < 4.78 is 10.9. The van der Waals surface area contributed by atoms with Gasteiger partial charge < -0.3 is 24.8 Å². The number of hydrogen-bond donors (Lipinski definition) is 3. The Labute approximate surface area is 180 Å². The molecule has 0 bridgehead atoms. The lowest BCUT2D eigenvalue weighted by Crippen LogP contribution is -2.35. The molecule has 3 rings (SSSR count). The Hall–Kier alpha value is -3.55. The highest BCUT2D eigenvalue weighted by Crippen LogP contribution is 2.24. The fourth-order valence-electron chi connectivity index (χ4n) is 2.96. The van der Waals surface area contributed by atoms with Crippen LogP contribution >= 0.6 is 0 Å².